The Bertz CT molecular complexity index is 2930. The lowest BCUT2D eigenvalue weighted by Gasteiger charge is -2.25. The number of nitrogen functional groups attached to an aromatic ring is 4. The molecule has 0 spiro atoms. The zero-order valence-electron chi connectivity index (χ0n) is 39.8. The summed E-state index contributed by atoms with van der Waals surface area (Å²) in [4.78, 5) is 29.3. The molecule has 0 aromatic heterocycles. The van der Waals surface area contributed by atoms with Crippen LogP contribution in [0.5, 0.6) is 28.7 Å². The maximum Gasteiger partial charge on any atom is 0.199 e. The molecule has 8 N–H and O–H groups in total. The van der Waals surface area contributed by atoms with E-state index in [0.29, 0.717) is 34.6 Å². The zero-order chi connectivity index (χ0) is 49.9. The van der Waals surface area contributed by atoms with Gasteiger partial charge >= 0.3 is 0 Å². The lowest BCUT2D eigenvalue weighted by Crippen LogP contribution is -2.26. The van der Waals surface area contributed by atoms with E-state index >= 15 is 0 Å². The van der Waals surface area contributed by atoms with Crippen molar-refractivity contribution in [2.75, 3.05) is 48.5 Å². The van der Waals surface area contributed by atoms with E-state index in [4.69, 9.17) is 48.7 Å². The molecule has 0 atom stereocenters. The number of ketones is 2. The molecule has 1 aliphatic rings. The predicted molar refractivity (Wildman–Crippen MR) is 281 cm³/mol. The van der Waals surface area contributed by atoms with Gasteiger partial charge in [-0.2, -0.15) is 20.5 Å². The Kier molecular flexibility index (Phi) is 16.1. The van der Waals surface area contributed by atoms with E-state index in [2.05, 4.69) is 27.4 Å². The summed E-state index contributed by atoms with van der Waals surface area (Å²) >= 11 is 6.35. The maximum atomic E-state index is 13.8. The second kappa shape index (κ2) is 22.7. The average molecular weight is 959 g/mol. The zero-order valence-corrected chi connectivity index (χ0v) is 40.6. The molecule has 70 heavy (non-hydrogen) atoms. The minimum Gasteiger partial charge on any atom is -0.492 e. The van der Waals surface area contributed by atoms with Gasteiger partial charge in [-0.3, -0.25) is 9.59 Å². The van der Waals surface area contributed by atoms with Crippen LogP contribution in [0.25, 0.3) is 0 Å². The molecule has 8 rings (SSSR count). The first-order valence-corrected chi connectivity index (χ1v) is 23.2. The third-order valence-electron chi connectivity index (χ3n) is 11.3. The van der Waals surface area contributed by atoms with Crippen LogP contribution in [-0.4, -0.2) is 32.3 Å². The quantitative estimate of drug-likeness (QED) is 0.0408. The van der Waals surface area contributed by atoms with Gasteiger partial charge < -0.3 is 42.0 Å². The van der Waals surface area contributed by atoms with E-state index in [-0.39, 0.29) is 56.5 Å². The van der Waals surface area contributed by atoms with Gasteiger partial charge in [-0.1, -0.05) is 79.6 Å². The highest BCUT2D eigenvalue weighted by Crippen LogP contribution is 2.46. The molecule has 358 valence electrons. The van der Waals surface area contributed by atoms with Crippen molar-refractivity contribution in [3.8, 4) is 28.7 Å². The molecule has 7 aromatic carbocycles. The summed E-state index contributed by atoms with van der Waals surface area (Å²) in [7, 11) is 4.01. The Morgan fingerprint density at radius 3 is 1.36 bits per heavy atom. The number of unbranched alkanes of at least 4 members (excludes halogenated alkanes) is 4. The molecule has 14 nitrogen and oxygen atoms in total. The van der Waals surface area contributed by atoms with E-state index in [0.717, 1.165) is 40.3 Å². The molecule has 0 bridgehead atoms. The molecule has 15 heteroatoms. The van der Waals surface area contributed by atoms with Crippen LogP contribution >= 0.6 is 11.6 Å². The smallest absolute Gasteiger partial charge is 0.199 e. The number of rotatable bonds is 16. The third kappa shape index (κ3) is 12.1. The number of aryl methyl sites for hydroxylation is 2. The van der Waals surface area contributed by atoms with Crippen LogP contribution in [0, 0.1) is 13.8 Å². The SMILES string of the molecule is CCCCCCCOc1ccc(N=Nc2ccc(N=Nc3ccc(N(C)C)cc3)cc2)cc1Cl.Cc1ccc(Oc2cc(N)c3c(c2N)C(=O)c2c(N)c(Oc4ccc(C)cc4)cc(N)c2C3=O)cc1. The second-order valence-electron chi connectivity index (χ2n) is 16.9. The van der Waals surface area contributed by atoms with Crippen LogP contribution in [0.3, 0.4) is 0 Å². The van der Waals surface area contributed by atoms with Gasteiger partial charge in [-0.05, 0) is 111 Å². The van der Waals surface area contributed by atoms with Gasteiger partial charge in [-0.25, -0.2) is 0 Å². The summed E-state index contributed by atoms with van der Waals surface area (Å²) in [6.07, 6.45) is 5.99. The Hall–Kier alpha value is -8.23. The number of carbonyl (C=O) groups is 2. The molecule has 0 radical (unpaired) electrons. The highest BCUT2D eigenvalue weighted by molar-refractivity contribution is 6.35. The van der Waals surface area contributed by atoms with Crippen molar-refractivity contribution < 1.29 is 23.8 Å². The molecular weight excluding hydrogens is 902 g/mol. The Labute approximate surface area is 412 Å². The molecule has 0 amide bonds. The second-order valence-corrected chi connectivity index (χ2v) is 17.4. The lowest BCUT2D eigenvalue weighted by atomic mass is 9.80. The standard InChI is InChI=1S/C28H24N4O4.C27H32ClN5O/c1-13-3-7-15(8-4-13)35-19-11-17(29)21-23(25(19)31)28(34)24-22(27(21)33)18(30)12-20(26(24)32)36-16-9-5-14(2)6-10-16;1-4-5-6-7-8-19-34-27-18-15-24(20-26(27)28)32-31-22-11-9-21(10-12-22)29-30-23-13-16-25(17-14-23)33(2)3/h3-12H,29-32H2,1-2H3;9-18,20H,4-8,19H2,1-3H3. The van der Waals surface area contributed by atoms with Gasteiger partial charge in [0.15, 0.2) is 23.1 Å². The van der Waals surface area contributed by atoms with Gasteiger partial charge in [0, 0.05) is 43.3 Å². The van der Waals surface area contributed by atoms with Crippen molar-refractivity contribution in [2.24, 2.45) is 20.5 Å². The normalized spacial score (nSPS) is 11.8. The first kappa shape index (κ1) is 49.7. The monoisotopic (exact) mass is 957 g/mol. The van der Waals surface area contributed by atoms with Gasteiger partial charge in [0.25, 0.3) is 0 Å². The summed E-state index contributed by atoms with van der Waals surface area (Å²) in [5.41, 5.74) is 31.2. The summed E-state index contributed by atoms with van der Waals surface area (Å²) in [5.74, 6) is 0.852. The Balaban J connectivity index is 0.000000207. The number of ether oxygens (including phenoxy) is 3. The highest BCUT2D eigenvalue weighted by Gasteiger charge is 2.38. The first-order chi connectivity index (χ1) is 33.7. The summed E-state index contributed by atoms with van der Waals surface area (Å²) < 4.78 is 17.6. The van der Waals surface area contributed by atoms with Crippen molar-refractivity contribution in [1.82, 2.24) is 0 Å². The van der Waals surface area contributed by atoms with Crippen LogP contribution in [0.4, 0.5) is 51.2 Å². The molecule has 1 aliphatic carbocycles. The summed E-state index contributed by atoms with van der Waals surface area (Å²) in [6.45, 7) is 6.78. The number of anilines is 5. The topological polar surface area (TPSA) is 219 Å². The van der Waals surface area contributed by atoms with E-state index in [9.17, 15) is 9.59 Å². The number of azo groups is 2. The summed E-state index contributed by atoms with van der Waals surface area (Å²) in [5, 5.41) is 17.7. The minimum absolute atomic E-state index is 0.0217. The van der Waals surface area contributed by atoms with Crippen LogP contribution in [0.1, 0.15) is 82.0 Å². The van der Waals surface area contributed by atoms with E-state index < -0.39 is 11.6 Å². The summed E-state index contributed by atoms with van der Waals surface area (Å²) in [6, 6.07) is 38.2. The van der Waals surface area contributed by atoms with Crippen molar-refractivity contribution in [1.29, 1.82) is 0 Å². The fourth-order valence-electron chi connectivity index (χ4n) is 7.42. The third-order valence-corrected chi connectivity index (χ3v) is 11.6. The van der Waals surface area contributed by atoms with E-state index in [1.807, 2.05) is 118 Å². The molecule has 0 unspecified atom stereocenters. The number of hydrogen-bond acceptors (Lipinski definition) is 14. The number of halogens is 1. The van der Waals surface area contributed by atoms with Gasteiger partial charge in [0.05, 0.1) is 68.0 Å². The van der Waals surface area contributed by atoms with Gasteiger partial charge in [-0.15, -0.1) is 0 Å². The first-order valence-electron chi connectivity index (χ1n) is 22.9. The Morgan fingerprint density at radius 1 is 0.500 bits per heavy atom. The number of nitrogens with zero attached hydrogens (tertiary/aromatic N) is 5. The molecular formula is C55H56ClN9O5. The predicted octanol–water partition coefficient (Wildman–Crippen LogP) is 14.6. The van der Waals surface area contributed by atoms with Crippen LogP contribution in [0.15, 0.2) is 148 Å². The largest absolute Gasteiger partial charge is 0.492 e. The molecule has 0 fully saturated rings. The Morgan fingerprint density at radius 2 is 0.914 bits per heavy atom. The van der Waals surface area contributed by atoms with Gasteiger partial charge in [0.1, 0.15) is 17.2 Å². The fraction of sp³-hybridized carbons (Fsp3) is 0.200. The van der Waals surface area contributed by atoms with Crippen molar-refractivity contribution >= 4 is 74.4 Å². The average Bonchev–Trinajstić information content (AvgIpc) is 3.35. The molecule has 0 saturated carbocycles. The van der Waals surface area contributed by atoms with Crippen LogP contribution in [-0.2, 0) is 0 Å². The van der Waals surface area contributed by atoms with Gasteiger partial charge in [0.2, 0.25) is 0 Å². The van der Waals surface area contributed by atoms with Crippen LogP contribution < -0.4 is 42.0 Å². The number of hydrogen-bond donors (Lipinski definition) is 4. The van der Waals surface area contributed by atoms with Crippen molar-refractivity contribution in [3.05, 3.63) is 166 Å². The lowest BCUT2D eigenvalue weighted by molar-refractivity contribution is 0.0981. The molecule has 7 aromatic rings. The van der Waals surface area contributed by atoms with Crippen molar-refractivity contribution in [3.63, 3.8) is 0 Å². The maximum absolute atomic E-state index is 13.8. The number of benzene rings is 7. The minimum atomic E-state index is -0.586. The van der Waals surface area contributed by atoms with E-state index in [1.54, 1.807) is 30.3 Å². The molecule has 0 saturated heterocycles. The highest BCUT2D eigenvalue weighted by atomic mass is 35.5. The number of fused-ring (bicyclic) bond motifs is 2. The van der Waals surface area contributed by atoms with Crippen molar-refractivity contribution in [2.45, 2.75) is 52.9 Å². The van der Waals surface area contributed by atoms with E-state index in [1.165, 1.54) is 37.8 Å². The molecule has 0 aliphatic heterocycles. The number of nitrogens with two attached hydrogens (primary N) is 4. The van der Waals surface area contributed by atoms with Crippen LogP contribution in [0.2, 0.25) is 5.02 Å². The fourth-order valence-corrected chi connectivity index (χ4v) is 7.65. The molecule has 0 heterocycles. The number of carbonyl (C=O) groups excluding carboxylic acids is 2.